The summed E-state index contributed by atoms with van der Waals surface area (Å²) < 4.78 is 0. The van der Waals surface area contributed by atoms with Crippen LogP contribution in [-0.2, 0) is 16.1 Å². The molecule has 1 saturated heterocycles. The number of benzene rings is 2. The maximum absolute atomic E-state index is 12.6. The fourth-order valence-electron chi connectivity index (χ4n) is 3.46. The van der Waals surface area contributed by atoms with Crippen LogP contribution in [0, 0.1) is 5.92 Å². The number of hydrogen-bond acceptors (Lipinski definition) is 3. The Balaban J connectivity index is 1.44. The first kappa shape index (κ1) is 20.4. The van der Waals surface area contributed by atoms with Crippen molar-refractivity contribution in [3.63, 3.8) is 0 Å². The van der Waals surface area contributed by atoms with Crippen LogP contribution in [0.2, 0.25) is 5.02 Å². The fourth-order valence-corrected chi connectivity index (χ4v) is 3.66. The third kappa shape index (κ3) is 5.57. The molecule has 0 bridgehead atoms. The van der Waals surface area contributed by atoms with Gasteiger partial charge in [0.05, 0.1) is 6.54 Å². The van der Waals surface area contributed by atoms with Crippen LogP contribution in [0.15, 0.2) is 54.6 Å². The van der Waals surface area contributed by atoms with Gasteiger partial charge in [-0.2, -0.15) is 0 Å². The Morgan fingerprint density at radius 1 is 1.07 bits per heavy atom. The monoisotopic (exact) mass is 399 g/mol. The molecule has 6 heteroatoms. The van der Waals surface area contributed by atoms with Crippen molar-refractivity contribution in [3.05, 3.63) is 65.2 Å². The Hall–Kier alpha value is -2.37. The van der Waals surface area contributed by atoms with Gasteiger partial charge >= 0.3 is 0 Å². The highest BCUT2D eigenvalue weighted by Gasteiger charge is 2.27. The summed E-state index contributed by atoms with van der Waals surface area (Å²) in [5, 5.41) is 3.67. The van der Waals surface area contributed by atoms with E-state index in [1.54, 1.807) is 0 Å². The molecule has 0 aliphatic carbocycles. The number of piperidine rings is 1. The molecule has 28 heavy (non-hydrogen) atoms. The lowest BCUT2D eigenvalue weighted by molar-refractivity contribution is -0.135. The van der Waals surface area contributed by atoms with Crippen molar-refractivity contribution in [1.29, 1.82) is 0 Å². The van der Waals surface area contributed by atoms with Gasteiger partial charge < -0.3 is 10.2 Å². The average Bonchev–Trinajstić information content (AvgIpc) is 2.70. The molecule has 1 heterocycles. The second kappa shape index (κ2) is 9.71. The van der Waals surface area contributed by atoms with Crippen LogP contribution in [0.25, 0.3) is 0 Å². The number of para-hydroxylation sites is 1. The third-order valence-electron chi connectivity index (χ3n) is 5.06. The molecule has 5 nitrogen and oxygen atoms in total. The summed E-state index contributed by atoms with van der Waals surface area (Å²) in [6.45, 7) is 2.20. The van der Waals surface area contributed by atoms with Crippen LogP contribution in [-0.4, -0.2) is 48.3 Å². The van der Waals surface area contributed by atoms with Crippen LogP contribution < -0.4 is 5.32 Å². The Labute approximate surface area is 171 Å². The van der Waals surface area contributed by atoms with Crippen molar-refractivity contribution in [2.45, 2.75) is 19.4 Å². The molecule has 1 N–H and O–H groups in total. The molecule has 0 atom stereocenters. The van der Waals surface area contributed by atoms with E-state index in [0.717, 1.165) is 11.3 Å². The summed E-state index contributed by atoms with van der Waals surface area (Å²) in [5.41, 5.74) is 1.82. The highest BCUT2D eigenvalue weighted by atomic mass is 35.5. The Kier molecular flexibility index (Phi) is 7.06. The zero-order chi connectivity index (χ0) is 19.9. The molecule has 0 aromatic heterocycles. The fraction of sp³-hybridized carbons (Fsp3) is 0.364. The molecular formula is C22H26ClN3O2. The second-order valence-electron chi connectivity index (χ2n) is 7.27. The van der Waals surface area contributed by atoms with Gasteiger partial charge in [0.15, 0.2) is 0 Å². The summed E-state index contributed by atoms with van der Waals surface area (Å²) in [4.78, 5) is 28.9. The number of carbonyl (C=O) groups excluding carboxylic acids is 2. The van der Waals surface area contributed by atoms with Crippen LogP contribution in [0.4, 0.5) is 5.69 Å². The molecule has 2 amide bonds. The molecule has 1 aliphatic heterocycles. The smallest absolute Gasteiger partial charge is 0.236 e. The van der Waals surface area contributed by atoms with Crippen LogP contribution in [0.1, 0.15) is 18.4 Å². The summed E-state index contributed by atoms with van der Waals surface area (Å²) in [6, 6.07) is 17.2. The first-order valence-corrected chi connectivity index (χ1v) is 9.96. The first-order valence-electron chi connectivity index (χ1n) is 9.58. The summed E-state index contributed by atoms with van der Waals surface area (Å²) in [7, 11) is 1.92. The van der Waals surface area contributed by atoms with E-state index in [-0.39, 0.29) is 17.7 Å². The molecule has 1 aliphatic rings. The van der Waals surface area contributed by atoms with Crippen LogP contribution in [0.3, 0.4) is 0 Å². The highest BCUT2D eigenvalue weighted by molar-refractivity contribution is 6.31. The SMILES string of the molecule is CN(CC(=O)N1CCC(C(=O)Nc2ccccc2)CC1)Cc1ccccc1Cl. The van der Waals surface area contributed by atoms with E-state index in [2.05, 4.69) is 5.32 Å². The van der Waals surface area contributed by atoms with Crippen molar-refractivity contribution >= 4 is 29.1 Å². The normalized spacial score (nSPS) is 14.9. The van der Waals surface area contributed by atoms with Crippen molar-refractivity contribution in [2.75, 3.05) is 32.0 Å². The molecule has 3 rings (SSSR count). The molecule has 0 unspecified atom stereocenters. The number of likely N-dealkylation sites (N-methyl/N-ethyl adjacent to an activating group) is 1. The summed E-state index contributed by atoms with van der Waals surface area (Å²) >= 11 is 6.20. The van der Waals surface area contributed by atoms with Crippen molar-refractivity contribution in [2.24, 2.45) is 5.92 Å². The first-order chi connectivity index (χ1) is 13.5. The number of amides is 2. The number of likely N-dealkylation sites (tertiary alicyclic amines) is 1. The quantitative estimate of drug-likeness (QED) is 0.806. The predicted octanol–water partition coefficient (Wildman–Crippen LogP) is 3.65. The number of carbonyl (C=O) groups is 2. The van der Waals surface area contributed by atoms with E-state index >= 15 is 0 Å². The molecule has 0 radical (unpaired) electrons. The standard InChI is InChI=1S/C22H26ClN3O2/c1-25(15-18-7-5-6-10-20(18)23)16-21(27)26-13-11-17(12-14-26)22(28)24-19-8-3-2-4-9-19/h2-10,17H,11-16H2,1H3,(H,24,28). The van der Waals surface area contributed by atoms with E-state index < -0.39 is 0 Å². The zero-order valence-electron chi connectivity index (χ0n) is 16.1. The topological polar surface area (TPSA) is 52.7 Å². The molecular weight excluding hydrogens is 374 g/mol. The number of anilines is 1. The van der Waals surface area contributed by atoms with E-state index in [9.17, 15) is 9.59 Å². The maximum atomic E-state index is 12.6. The van der Waals surface area contributed by atoms with E-state index in [1.165, 1.54) is 0 Å². The largest absolute Gasteiger partial charge is 0.342 e. The highest BCUT2D eigenvalue weighted by Crippen LogP contribution is 2.20. The van der Waals surface area contributed by atoms with Gasteiger partial charge in [-0.3, -0.25) is 14.5 Å². The lowest BCUT2D eigenvalue weighted by Gasteiger charge is -2.32. The van der Waals surface area contributed by atoms with Crippen LogP contribution >= 0.6 is 11.6 Å². The summed E-state index contributed by atoms with van der Waals surface area (Å²) in [5.74, 6) is 0.0794. The van der Waals surface area contributed by atoms with Crippen molar-refractivity contribution in [1.82, 2.24) is 9.80 Å². The Bertz CT molecular complexity index is 804. The minimum Gasteiger partial charge on any atom is -0.342 e. The van der Waals surface area contributed by atoms with Gasteiger partial charge in [-0.05, 0) is 43.7 Å². The Morgan fingerprint density at radius 2 is 1.71 bits per heavy atom. The van der Waals surface area contributed by atoms with Gasteiger partial charge in [-0.15, -0.1) is 0 Å². The molecule has 2 aromatic carbocycles. The molecule has 148 valence electrons. The molecule has 1 fully saturated rings. The second-order valence-corrected chi connectivity index (χ2v) is 7.68. The minimum atomic E-state index is -0.0508. The van der Waals surface area contributed by atoms with Gasteiger partial charge in [0.25, 0.3) is 0 Å². The average molecular weight is 400 g/mol. The van der Waals surface area contributed by atoms with Gasteiger partial charge in [0.2, 0.25) is 11.8 Å². The molecule has 2 aromatic rings. The number of nitrogens with one attached hydrogen (secondary N) is 1. The van der Waals surface area contributed by atoms with Crippen LogP contribution in [0.5, 0.6) is 0 Å². The molecule has 0 saturated carbocycles. The maximum Gasteiger partial charge on any atom is 0.236 e. The minimum absolute atomic E-state index is 0.0362. The molecule has 0 spiro atoms. The summed E-state index contributed by atoms with van der Waals surface area (Å²) in [6.07, 6.45) is 1.39. The number of rotatable bonds is 6. The van der Waals surface area contributed by atoms with E-state index in [4.69, 9.17) is 11.6 Å². The van der Waals surface area contributed by atoms with E-state index in [0.29, 0.717) is 44.0 Å². The number of halogens is 1. The van der Waals surface area contributed by atoms with Crippen molar-refractivity contribution in [3.8, 4) is 0 Å². The van der Waals surface area contributed by atoms with Crippen molar-refractivity contribution < 1.29 is 9.59 Å². The zero-order valence-corrected chi connectivity index (χ0v) is 16.9. The number of hydrogen-bond donors (Lipinski definition) is 1. The lowest BCUT2D eigenvalue weighted by Crippen LogP contribution is -2.45. The lowest BCUT2D eigenvalue weighted by atomic mass is 9.95. The third-order valence-corrected chi connectivity index (χ3v) is 5.43. The Morgan fingerprint density at radius 3 is 2.39 bits per heavy atom. The van der Waals surface area contributed by atoms with Gasteiger partial charge in [-0.25, -0.2) is 0 Å². The number of nitrogens with zero attached hydrogens (tertiary/aromatic N) is 2. The van der Waals surface area contributed by atoms with Gasteiger partial charge in [0.1, 0.15) is 0 Å². The van der Waals surface area contributed by atoms with Gasteiger partial charge in [0, 0.05) is 36.3 Å². The van der Waals surface area contributed by atoms with Gasteiger partial charge in [-0.1, -0.05) is 48.0 Å². The van der Waals surface area contributed by atoms with E-state index in [1.807, 2.05) is 71.4 Å². The predicted molar refractivity (Wildman–Crippen MR) is 112 cm³/mol.